The largest absolute Gasteiger partial charge is 0.156 e. The minimum absolute atomic E-state index is 0.685. The van der Waals surface area contributed by atoms with Crippen molar-refractivity contribution in [2.24, 2.45) is 0 Å². The van der Waals surface area contributed by atoms with E-state index in [2.05, 4.69) is 34.7 Å². The molecule has 1 aromatic heterocycles. The lowest BCUT2D eigenvalue weighted by molar-refractivity contribution is 0.865. The molecule has 0 saturated heterocycles. The Morgan fingerprint density at radius 3 is 2.30 bits per heavy atom. The Morgan fingerprint density at radius 2 is 2.10 bits per heavy atom. The fourth-order valence-electron chi connectivity index (χ4n) is 1.22. The standard InChI is InChI=1S/C8H13BS/c1-5(2)7-4-8(9)10-6(7)3/h4-5H,9H2,1-3H3. The van der Waals surface area contributed by atoms with Crippen molar-refractivity contribution in [2.45, 2.75) is 26.7 Å². The predicted molar refractivity (Wildman–Crippen MR) is 51.3 cm³/mol. The van der Waals surface area contributed by atoms with Gasteiger partial charge in [-0.05, 0) is 23.2 Å². The summed E-state index contributed by atoms with van der Waals surface area (Å²) in [5.74, 6) is 0.685. The van der Waals surface area contributed by atoms with Crippen LogP contribution in [0.3, 0.4) is 0 Å². The quantitative estimate of drug-likeness (QED) is 0.534. The summed E-state index contributed by atoms with van der Waals surface area (Å²) in [6.07, 6.45) is 0. The third-order valence-electron chi connectivity index (χ3n) is 1.70. The minimum atomic E-state index is 0.685. The van der Waals surface area contributed by atoms with Crippen LogP contribution in [-0.2, 0) is 0 Å². The summed E-state index contributed by atoms with van der Waals surface area (Å²) < 4.78 is 1.43. The van der Waals surface area contributed by atoms with Crippen LogP contribution >= 0.6 is 11.3 Å². The zero-order valence-electron chi connectivity index (χ0n) is 7.06. The summed E-state index contributed by atoms with van der Waals surface area (Å²) in [6.45, 7) is 6.69. The summed E-state index contributed by atoms with van der Waals surface area (Å²) in [5, 5.41) is 0. The van der Waals surface area contributed by atoms with Gasteiger partial charge in [0.1, 0.15) is 0 Å². The fourth-order valence-corrected chi connectivity index (χ4v) is 2.31. The topological polar surface area (TPSA) is 0 Å². The van der Waals surface area contributed by atoms with Crippen molar-refractivity contribution in [3.8, 4) is 0 Å². The maximum atomic E-state index is 2.30. The number of rotatable bonds is 1. The van der Waals surface area contributed by atoms with E-state index < -0.39 is 0 Å². The van der Waals surface area contributed by atoms with Gasteiger partial charge >= 0.3 is 0 Å². The molecule has 1 rings (SSSR count). The SMILES string of the molecule is Bc1cc(C(C)C)c(C)s1. The lowest BCUT2D eigenvalue weighted by Crippen LogP contribution is -1.92. The summed E-state index contributed by atoms with van der Waals surface area (Å²) >= 11 is 1.90. The van der Waals surface area contributed by atoms with Crippen molar-refractivity contribution in [1.82, 2.24) is 0 Å². The third-order valence-corrected chi connectivity index (χ3v) is 2.68. The first-order valence-electron chi connectivity index (χ1n) is 3.68. The Labute approximate surface area is 67.7 Å². The van der Waals surface area contributed by atoms with Crippen LogP contribution in [0.2, 0.25) is 0 Å². The average Bonchev–Trinajstić information content (AvgIpc) is 2.10. The van der Waals surface area contributed by atoms with Crippen LogP contribution in [0.4, 0.5) is 0 Å². The van der Waals surface area contributed by atoms with Crippen LogP contribution in [0.1, 0.15) is 30.2 Å². The minimum Gasteiger partial charge on any atom is -0.156 e. The molecule has 0 nitrogen and oxygen atoms in total. The molecular weight excluding hydrogens is 139 g/mol. The van der Waals surface area contributed by atoms with E-state index in [-0.39, 0.29) is 0 Å². The van der Waals surface area contributed by atoms with Gasteiger partial charge in [-0.2, -0.15) is 11.3 Å². The van der Waals surface area contributed by atoms with Gasteiger partial charge in [0, 0.05) is 4.88 Å². The van der Waals surface area contributed by atoms with Gasteiger partial charge in [-0.15, -0.1) is 0 Å². The first-order chi connectivity index (χ1) is 4.61. The Bertz CT molecular complexity index is 225. The van der Waals surface area contributed by atoms with E-state index in [1.54, 1.807) is 0 Å². The number of thiophene rings is 1. The molecule has 0 spiro atoms. The van der Waals surface area contributed by atoms with E-state index >= 15 is 0 Å². The van der Waals surface area contributed by atoms with Crippen LogP contribution in [0.15, 0.2) is 6.07 Å². The molecule has 54 valence electrons. The van der Waals surface area contributed by atoms with E-state index in [4.69, 9.17) is 0 Å². The van der Waals surface area contributed by atoms with Gasteiger partial charge in [0.2, 0.25) is 0 Å². The molecule has 0 fully saturated rings. The molecule has 0 amide bonds. The molecule has 0 unspecified atom stereocenters. The first-order valence-corrected chi connectivity index (χ1v) is 4.50. The van der Waals surface area contributed by atoms with Gasteiger partial charge in [-0.3, -0.25) is 0 Å². The van der Waals surface area contributed by atoms with Crippen molar-refractivity contribution >= 4 is 24.0 Å². The van der Waals surface area contributed by atoms with Crippen LogP contribution < -0.4 is 4.78 Å². The Hall–Kier alpha value is -0.235. The molecule has 0 bridgehead atoms. The van der Waals surface area contributed by atoms with E-state index in [1.807, 2.05) is 11.3 Å². The smallest absolute Gasteiger partial charge is 0.152 e. The second-order valence-corrected chi connectivity index (χ2v) is 4.48. The lowest BCUT2D eigenvalue weighted by Gasteiger charge is -2.01. The lowest BCUT2D eigenvalue weighted by atomic mass is 10.0. The molecule has 1 aromatic rings. The van der Waals surface area contributed by atoms with Crippen LogP contribution in [0, 0.1) is 6.92 Å². The molecule has 0 aliphatic heterocycles. The van der Waals surface area contributed by atoms with Crippen LogP contribution in [0.25, 0.3) is 0 Å². The van der Waals surface area contributed by atoms with Crippen LogP contribution in [0.5, 0.6) is 0 Å². The highest BCUT2D eigenvalue weighted by molar-refractivity contribution is 7.20. The van der Waals surface area contributed by atoms with Gasteiger partial charge in [0.25, 0.3) is 0 Å². The normalized spacial score (nSPS) is 10.8. The highest BCUT2D eigenvalue weighted by Gasteiger charge is 2.04. The van der Waals surface area contributed by atoms with Crippen molar-refractivity contribution in [2.75, 3.05) is 0 Å². The van der Waals surface area contributed by atoms with Crippen molar-refractivity contribution in [3.63, 3.8) is 0 Å². The van der Waals surface area contributed by atoms with Gasteiger partial charge < -0.3 is 0 Å². The second-order valence-electron chi connectivity index (χ2n) is 3.02. The maximum Gasteiger partial charge on any atom is 0.152 e. The highest BCUT2D eigenvalue weighted by atomic mass is 32.1. The zero-order valence-corrected chi connectivity index (χ0v) is 7.88. The van der Waals surface area contributed by atoms with Gasteiger partial charge in [-0.25, -0.2) is 0 Å². The monoisotopic (exact) mass is 152 g/mol. The molecule has 0 aromatic carbocycles. The van der Waals surface area contributed by atoms with Gasteiger partial charge in [0.15, 0.2) is 7.85 Å². The first kappa shape index (κ1) is 7.87. The van der Waals surface area contributed by atoms with Gasteiger partial charge in [0.05, 0.1) is 0 Å². The summed E-state index contributed by atoms with van der Waals surface area (Å²) in [6, 6.07) is 2.30. The molecule has 10 heavy (non-hydrogen) atoms. The molecule has 0 radical (unpaired) electrons. The van der Waals surface area contributed by atoms with Crippen molar-refractivity contribution < 1.29 is 0 Å². The predicted octanol–water partition coefficient (Wildman–Crippen LogP) is 1.44. The van der Waals surface area contributed by atoms with E-state index in [1.165, 1.54) is 15.2 Å². The fraction of sp³-hybridized carbons (Fsp3) is 0.500. The van der Waals surface area contributed by atoms with E-state index in [0.29, 0.717) is 5.92 Å². The number of hydrogen-bond donors (Lipinski definition) is 0. The summed E-state index contributed by atoms with van der Waals surface area (Å²) in [7, 11) is 2.17. The molecule has 0 aliphatic carbocycles. The van der Waals surface area contributed by atoms with E-state index in [0.717, 1.165) is 0 Å². The molecule has 0 N–H and O–H groups in total. The van der Waals surface area contributed by atoms with E-state index in [9.17, 15) is 0 Å². The third kappa shape index (κ3) is 1.43. The number of hydrogen-bond acceptors (Lipinski definition) is 1. The average molecular weight is 152 g/mol. The molecule has 0 aliphatic rings. The Kier molecular flexibility index (Phi) is 2.19. The highest BCUT2D eigenvalue weighted by Crippen LogP contribution is 2.21. The van der Waals surface area contributed by atoms with Gasteiger partial charge in [-0.1, -0.05) is 19.9 Å². The molecule has 2 heteroatoms. The summed E-state index contributed by atoms with van der Waals surface area (Å²) in [4.78, 5) is 1.48. The Balaban J connectivity index is 3.03. The summed E-state index contributed by atoms with van der Waals surface area (Å²) in [5.41, 5.74) is 1.52. The number of aryl methyl sites for hydroxylation is 1. The molecule has 0 saturated carbocycles. The second kappa shape index (κ2) is 2.79. The maximum absolute atomic E-state index is 2.30. The molecular formula is C8H13BS. The molecule has 0 atom stereocenters. The zero-order chi connectivity index (χ0) is 7.72. The molecule has 1 heterocycles. The van der Waals surface area contributed by atoms with Crippen LogP contribution in [-0.4, -0.2) is 7.85 Å². The van der Waals surface area contributed by atoms with Crippen molar-refractivity contribution in [3.05, 3.63) is 16.5 Å². The Morgan fingerprint density at radius 1 is 1.50 bits per heavy atom. The van der Waals surface area contributed by atoms with Crippen molar-refractivity contribution in [1.29, 1.82) is 0 Å².